The van der Waals surface area contributed by atoms with E-state index in [1.54, 1.807) is 26.2 Å². The van der Waals surface area contributed by atoms with Crippen molar-refractivity contribution in [3.63, 3.8) is 0 Å². The van der Waals surface area contributed by atoms with E-state index in [0.29, 0.717) is 12.8 Å². The highest BCUT2D eigenvalue weighted by atomic mass is 32.2. The lowest BCUT2D eigenvalue weighted by Gasteiger charge is -2.21. The molecule has 0 aliphatic carbocycles. The maximum absolute atomic E-state index is 12.6. The van der Waals surface area contributed by atoms with Gasteiger partial charge < -0.3 is 20.3 Å². The van der Waals surface area contributed by atoms with Crippen molar-refractivity contribution in [1.29, 1.82) is 0 Å². The maximum atomic E-state index is 12.6. The fraction of sp³-hybridized carbons (Fsp3) is 0.348. The third kappa shape index (κ3) is 6.86. The van der Waals surface area contributed by atoms with Gasteiger partial charge in [-0.2, -0.15) is 0 Å². The van der Waals surface area contributed by atoms with Gasteiger partial charge in [0.15, 0.2) is 12.2 Å². The summed E-state index contributed by atoms with van der Waals surface area (Å²) >= 11 is 0. The number of benzene rings is 2. The van der Waals surface area contributed by atoms with Crippen molar-refractivity contribution >= 4 is 27.7 Å². The Labute approximate surface area is 198 Å². The zero-order valence-corrected chi connectivity index (χ0v) is 19.7. The highest BCUT2D eigenvalue weighted by Gasteiger charge is 2.50. The monoisotopic (exact) mass is 488 g/mol. The number of nitrogens with zero attached hydrogens (tertiary/aromatic N) is 1. The number of primary sulfonamides is 1. The molecule has 1 fully saturated rings. The Balaban J connectivity index is 1.48. The average Bonchev–Trinajstić information content (AvgIpc) is 3.60. The molecule has 10 nitrogen and oxygen atoms in total. The zero-order valence-electron chi connectivity index (χ0n) is 18.9. The molecule has 4 N–H and O–H groups in total. The first-order valence-electron chi connectivity index (χ1n) is 10.7. The van der Waals surface area contributed by atoms with E-state index in [4.69, 9.17) is 9.88 Å². The fourth-order valence-corrected chi connectivity index (χ4v) is 3.92. The second-order valence-corrected chi connectivity index (χ2v) is 9.75. The summed E-state index contributed by atoms with van der Waals surface area (Å²) in [6.07, 6.45) is -1.10. The van der Waals surface area contributed by atoms with Crippen molar-refractivity contribution in [1.82, 2.24) is 15.5 Å². The minimum atomic E-state index is -3.76. The first-order valence-corrected chi connectivity index (χ1v) is 12.2. The lowest BCUT2D eigenvalue weighted by atomic mass is 10.0. The molecule has 1 saturated heterocycles. The molecule has 0 radical (unpaired) electrons. The topological polar surface area (TPSA) is 151 Å². The second kappa shape index (κ2) is 10.8. The molecule has 3 amide bonds. The molecular formula is C23H28N4O6S. The minimum absolute atomic E-state index is 0.0128. The zero-order chi connectivity index (χ0) is 24.9. The maximum Gasteiger partial charge on any atom is 0.253 e. The van der Waals surface area contributed by atoms with Gasteiger partial charge in [-0.3, -0.25) is 14.4 Å². The Bertz CT molecular complexity index is 1140. The highest BCUT2D eigenvalue weighted by molar-refractivity contribution is 7.89. The molecule has 0 saturated carbocycles. The Hall–Kier alpha value is -3.28. The molecule has 1 aliphatic heterocycles. The fourth-order valence-electron chi connectivity index (χ4n) is 3.40. The van der Waals surface area contributed by atoms with E-state index in [1.165, 1.54) is 17.0 Å². The molecule has 182 valence electrons. The third-order valence-electron chi connectivity index (χ3n) is 5.31. The largest absolute Gasteiger partial charge is 0.353 e. The summed E-state index contributed by atoms with van der Waals surface area (Å²) in [4.78, 5) is 38.9. The molecular weight excluding hydrogens is 460 g/mol. The number of sulfonamides is 1. The van der Waals surface area contributed by atoms with Crippen LogP contribution in [0.25, 0.3) is 0 Å². The first-order chi connectivity index (χ1) is 16.1. The van der Waals surface area contributed by atoms with Crippen LogP contribution in [0.1, 0.15) is 11.1 Å². The van der Waals surface area contributed by atoms with E-state index in [9.17, 15) is 22.8 Å². The Morgan fingerprint density at radius 2 is 1.59 bits per heavy atom. The van der Waals surface area contributed by atoms with Crippen LogP contribution in [0.3, 0.4) is 0 Å². The van der Waals surface area contributed by atoms with E-state index in [1.807, 2.05) is 30.3 Å². The number of likely N-dealkylation sites (N-methyl/N-ethyl adjacent to an activating group) is 1. The van der Waals surface area contributed by atoms with Gasteiger partial charge in [0.2, 0.25) is 15.9 Å². The number of carbonyl (C=O) groups is 3. The number of hydrogen-bond donors (Lipinski definition) is 3. The molecule has 34 heavy (non-hydrogen) atoms. The predicted molar refractivity (Wildman–Crippen MR) is 124 cm³/mol. The van der Waals surface area contributed by atoms with Gasteiger partial charge in [0, 0.05) is 27.1 Å². The van der Waals surface area contributed by atoms with E-state index >= 15 is 0 Å². The number of rotatable bonds is 10. The van der Waals surface area contributed by atoms with Crippen LogP contribution in [0.5, 0.6) is 0 Å². The standard InChI is InChI=1S/C23H28N4O6S/c1-27(2)23(30)18(14-16-6-4-3-5-7-16)26-22(29)20-19(33-20)21(28)25-13-12-15-8-10-17(11-9-15)34(24,31)32/h3-11,18-20H,12-14H2,1-2H3,(H,25,28)(H,26,29)(H2,24,31,32)/t18-,19?,20?/m0/s1. The number of carbonyl (C=O) groups excluding carboxylic acids is 3. The van der Waals surface area contributed by atoms with Crippen LogP contribution in [0.4, 0.5) is 0 Å². The molecule has 0 aromatic heterocycles. The van der Waals surface area contributed by atoms with Crippen molar-refractivity contribution in [2.24, 2.45) is 5.14 Å². The van der Waals surface area contributed by atoms with Gasteiger partial charge in [-0.15, -0.1) is 0 Å². The lowest BCUT2D eigenvalue weighted by Crippen LogP contribution is -2.49. The molecule has 0 bridgehead atoms. The van der Waals surface area contributed by atoms with Gasteiger partial charge in [0.1, 0.15) is 6.04 Å². The number of hydrogen-bond acceptors (Lipinski definition) is 6. The molecule has 1 aliphatic rings. The number of nitrogens with one attached hydrogen (secondary N) is 2. The molecule has 2 unspecified atom stereocenters. The third-order valence-corrected chi connectivity index (χ3v) is 6.24. The van der Waals surface area contributed by atoms with E-state index in [-0.39, 0.29) is 17.3 Å². The molecule has 3 atom stereocenters. The Morgan fingerprint density at radius 3 is 2.18 bits per heavy atom. The van der Waals surface area contributed by atoms with Crippen molar-refractivity contribution in [3.8, 4) is 0 Å². The number of ether oxygens (including phenoxy) is 1. The molecule has 3 rings (SSSR count). The van der Waals surface area contributed by atoms with Gasteiger partial charge in [0.25, 0.3) is 11.8 Å². The summed E-state index contributed by atoms with van der Waals surface area (Å²) in [6.45, 7) is 0.275. The van der Waals surface area contributed by atoms with Crippen molar-refractivity contribution in [2.45, 2.75) is 36.0 Å². The molecule has 1 heterocycles. The van der Waals surface area contributed by atoms with Crippen LogP contribution in [0.15, 0.2) is 59.5 Å². The smallest absolute Gasteiger partial charge is 0.253 e. The number of amides is 3. The van der Waals surface area contributed by atoms with E-state index in [0.717, 1.165) is 11.1 Å². The van der Waals surface area contributed by atoms with Crippen LogP contribution >= 0.6 is 0 Å². The van der Waals surface area contributed by atoms with E-state index in [2.05, 4.69) is 10.6 Å². The highest BCUT2D eigenvalue weighted by Crippen LogP contribution is 2.23. The van der Waals surface area contributed by atoms with Crippen LogP contribution < -0.4 is 15.8 Å². The van der Waals surface area contributed by atoms with Crippen LogP contribution in [0.2, 0.25) is 0 Å². The Morgan fingerprint density at radius 1 is 0.971 bits per heavy atom. The van der Waals surface area contributed by atoms with Gasteiger partial charge in [0.05, 0.1) is 4.90 Å². The van der Waals surface area contributed by atoms with Crippen molar-refractivity contribution < 1.29 is 27.5 Å². The van der Waals surface area contributed by atoms with Crippen molar-refractivity contribution in [3.05, 3.63) is 65.7 Å². The van der Waals surface area contributed by atoms with Gasteiger partial charge in [-0.05, 0) is 29.7 Å². The van der Waals surface area contributed by atoms with E-state index < -0.39 is 40.1 Å². The molecule has 2 aromatic carbocycles. The quantitative estimate of drug-likeness (QED) is 0.386. The lowest BCUT2D eigenvalue weighted by molar-refractivity contribution is -0.134. The number of epoxide rings is 1. The van der Waals surface area contributed by atoms with Gasteiger partial charge in [-0.25, -0.2) is 13.6 Å². The summed E-state index contributed by atoms with van der Waals surface area (Å²) in [5.74, 6) is -1.21. The van der Waals surface area contributed by atoms with Crippen molar-refractivity contribution in [2.75, 3.05) is 20.6 Å². The van der Waals surface area contributed by atoms with Gasteiger partial charge >= 0.3 is 0 Å². The molecule has 2 aromatic rings. The molecule has 0 spiro atoms. The minimum Gasteiger partial charge on any atom is -0.353 e. The SMILES string of the molecule is CN(C)C(=O)[C@H](Cc1ccccc1)NC(=O)C1OC1C(=O)NCCc1ccc(S(N)(=O)=O)cc1. The second-order valence-electron chi connectivity index (χ2n) is 8.19. The summed E-state index contributed by atoms with van der Waals surface area (Å²) in [5, 5.41) is 10.5. The van der Waals surface area contributed by atoms with Gasteiger partial charge in [-0.1, -0.05) is 42.5 Å². The first kappa shape index (κ1) is 25.3. The summed E-state index contributed by atoms with van der Waals surface area (Å²) in [7, 11) is -0.536. The summed E-state index contributed by atoms with van der Waals surface area (Å²) in [6, 6.07) is 14.6. The van der Waals surface area contributed by atoms with Crippen LogP contribution in [0, 0.1) is 0 Å². The Kier molecular flexibility index (Phi) is 8.02. The summed E-state index contributed by atoms with van der Waals surface area (Å²) in [5.41, 5.74) is 1.70. The molecule has 11 heteroatoms. The van der Waals surface area contributed by atoms with Crippen LogP contribution in [-0.2, 0) is 42.0 Å². The normalized spacial score (nSPS) is 18.0. The average molecular weight is 489 g/mol. The number of nitrogens with two attached hydrogens (primary N) is 1. The summed E-state index contributed by atoms with van der Waals surface area (Å²) < 4.78 is 27.9. The predicted octanol–water partition coefficient (Wildman–Crippen LogP) is -0.424. The van der Waals surface area contributed by atoms with Crippen LogP contribution in [-0.4, -0.2) is 69.9 Å².